The molecule has 0 saturated heterocycles. The Morgan fingerprint density at radius 2 is 2.00 bits per heavy atom. The topological polar surface area (TPSA) is 81.4 Å². The first-order valence-electron chi connectivity index (χ1n) is 8.50. The van der Waals surface area contributed by atoms with Crippen molar-refractivity contribution in [2.24, 2.45) is 0 Å². The van der Waals surface area contributed by atoms with Crippen molar-refractivity contribution in [2.75, 3.05) is 12.4 Å². The number of fused-ring (bicyclic) bond motifs is 1. The minimum atomic E-state index is -0.519. The number of para-hydroxylation sites is 1. The zero-order valence-electron chi connectivity index (χ0n) is 15.2. The number of nitrogens with zero attached hydrogens (tertiary/aromatic N) is 1. The average Bonchev–Trinajstić information content (AvgIpc) is 3.16. The Bertz CT molecular complexity index is 1240. The summed E-state index contributed by atoms with van der Waals surface area (Å²) >= 11 is 1.30. The van der Waals surface area contributed by atoms with Gasteiger partial charge in [0.1, 0.15) is 11.3 Å². The largest absolute Gasteiger partial charge is 0.496 e. The number of methoxy groups -OCH3 is 1. The molecule has 0 saturated carbocycles. The van der Waals surface area contributed by atoms with E-state index in [2.05, 4.69) is 10.3 Å². The first-order chi connectivity index (χ1) is 13.5. The molecule has 28 heavy (non-hydrogen) atoms. The van der Waals surface area contributed by atoms with Crippen molar-refractivity contribution in [1.29, 1.82) is 0 Å². The number of carbonyl (C=O) groups excluding carboxylic acids is 1. The molecule has 0 fully saturated rings. The highest BCUT2D eigenvalue weighted by Gasteiger charge is 2.15. The zero-order valence-corrected chi connectivity index (χ0v) is 16.0. The zero-order chi connectivity index (χ0) is 19.7. The molecule has 4 aromatic rings. The van der Waals surface area contributed by atoms with Gasteiger partial charge in [-0.15, -0.1) is 11.3 Å². The van der Waals surface area contributed by atoms with Crippen LogP contribution in [0.25, 0.3) is 22.2 Å². The van der Waals surface area contributed by atoms with Gasteiger partial charge in [-0.2, -0.15) is 0 Å². The van der Waals surface area contributed by atoms with Crippen LogP contribution in [-0.2, 0) is 0 Å². The van der Waals surface area contributed by atoms with Crippen LogP contribution in [0.3, 0.4) is 0 Å². The molecule has 140 valence electrons. The number of aromatic nitrogens is 1. The molecule has 0 aliphatic heterocycles. The lowest BCUT2D eigenvalue weighted by Crippen LogP contribution is -2.14. The van der Waals surface area contributed by atoms with E-state index in [1.807, 2.05) is 30.5 Å². The monoisotopic (exact) mass is 392 g/mol. The Labute approximate surface area is 164 Å². The minimum absolute atomic E-state index is 0.0549. The summed E-state index contributed by atoms with van der Waals surface area (Å²) in [7, 11) is 1.63. The fraction of sp³-hybridized carbons (Fsp3) is 0.0952. The van der Waals surface area contributed by atoms with E-state index in [0.717, 1.165) is 22.6 Å². The van der Waals surface area contributed by atoms with Crippen molar-refractivity contribution in [2.45, 2.75) is 6.92 Å². The van der Waals surface area contributed by atoms with E-state index in [-0.39, 0.29) is 11.2 Å². The van der Waals surface area contributed by atoms with Crippen LogP contribution in [0, 0.1) is 6.92 Å². The highest BCUT2D eigenvalue weighted by Crippen LogP contribution is 2.29. The maximum Gasteiger partial charge on any atom is 0.293 e. The summed E-state index contributed by atoms with van der Waals surface area (Å²) in [5, 5.41) is 5.40. The second-order valence-corrected chi connectivity index (χ2v) is 7.01. The van der Waals surface area contributed by atoms with Gasteiger partial charge in [-0.05, 0) is 42.8 Å². The van der Waals surface area contributed by atoms with Gasteiger partial charge in [0.2, 0.25) is 0 Å². The molecule has 6 nitrogen and oxygen atoms in total. The molecule has 1 N–H and O–H groups in total. The molecule has 0 spiro atoms. The summed E-state index contributed by atoms with van der Waals surface area (Å²) in [5.41, 5.74) is 2.77. The van der Waals surface area contributed by atoms with Crippen LogP contribution < -0.4 is 15.5 Å². The predicted molar refractivity (Wildman–Crippen MR) is 109 cm³/mol. The lowest BCUT2D eigenvalue weighted by Gasteiger charge is -2.05. The first kappa shape index (κ1) is 17.9. The number of hydrogen-bond donors (Lipinski definition) is 1. The molecule has 0 aliphatic rings. The fourth-order valence-corrected chi connectivity index (χ4v) is 3.59. The lowest BCUT2D eigenvalue weighted by molar-refractivity contribution is 0.0997. The van der Waals surface area contributed by atoms with Crippen LogP contribution >= 0.6 is 11.3 Å². The van der Waals surface area contributed by atoms with Gasteiger partial charge in [0.05, 0.1) is 18.2 Å². The maximum atomic E-state index is 12.5. The Morgan fingerprint density at radius 3 is 2.79 bits per heavy atom. The minimum Gasteiger partial charge on any atom is -0.496 e. The second-order valence-electron chi connectivity index (χ2n) is 6.15. The van der Waals surface area contributed by atoms with Gasteiger partial charge in [0, 0.05) is 17.0 Å². The summed E-state index contributed by atoms with van der Waals surface area (Å²) in [6.07, 6.45) is 0. The molecule has 1 amide bonds. The Kier molecular flexibility index (Phi) is 4.67. The van der Waals surface area contributed by atoms with Crippen LogP contribution in [-0.4, -0.2) is 18.0 Å². The van der Waals surface area contributed by atoms with Gasteiger partial charge in [0.25, 0.3) is 5.91 Å². The van der Waals surface area contributed by atoms with Crippen LogP contribution in [0.4, 0.5) is 5.13 Å². The van der Waals surface area contributed by atoms with Crippen molar-refractivity contribution in [3.63, 3.8) is 0 Å². The number of benzene rings is 2. The number of rotatable bonds is 4. The standard InChI is InChI=1S/C21H16N2O4S/c1-12-9-13(7-8-17(12)26-2)15-11-28-21(22-15)23-20(25)19-10-16(24)14-5-3-4-6-18(14)27-19/h3-11H,1-2H3,(H,22,23,25). The summed E-state index contributed by atoms with van der Waals surface area (Å²) in [5.74, 6) is 0.231. The Hall–Kier alpha value is -3.45. The van der Waals surface area contributed by atoms with E-state index in [4.69, 9.17) is 9.15 Å². The van der Waals surface area contributed by atoms with Crippen LogP contribution in [0.1, 0.15) is 16.1 Å². The number of ether oxygens (including phenoxy) is 1. The van der Waals surface area contributed by atoms with Gasteiger partial charge in [-0.3, -0.25) is 14.9 Å². The summed E-state index contributed by atoms with van der Waals surface area (Å²) in [4.78, 5) is 29.1. The quantitative estimate of drug-likeness (QED) is 0.554. The molecule has 2 aromatic carbocycles. The summed E-state index contributed by atoms with van der Waals surface area (Å²) < 4.78 is 10.8. The van der Waals surface area contributed by atoms with E-state index >= 15 is 0 Å². The Balaban J connectivity index is 1.58. The van der Waals surface area contributed by atoms with Crippen molar-refractivity contribution in [1.82, 2.24) is 4.98 Å². The third-order valence-electron chi connectivity index (χ3n) is 4.27. The molecular formula is C21H16N2O4S. The third-order valence-corrected chi connectivity index (χ3v) is 5.03. The second kappa shape index (κ2) is 7.28. The fourth-order valence-electron chi connectivity index (χ4n) is 2.88. The van der Waals surface area contributed by atoms with E-state index in [1.165, 1.54) is 17.4 Å². The average molecular weight is 392 g/mol. The summed E-state index contributed by atoms with van der Waals surface area (Å²) in [6.45, 7) is 1.96. The van der Waals surface area contributed by atoms with E-state index in [0.29, 0.717) is 16.1 Å². The predicted octanol–water partition coefficient (Wildman–Crippen LogP) is 4.49. The molecule has 0 bridgehead atoms. The molecule has 4 rings (SSSR count). The number of amides is 1. The van der Waals surface area contributed by atoms with Gasteiger partial charge in [-0.25, -0.2) is 4.98 Å². The number of aryl methyl sites for hydroxylation is 1. The number of carbonyl (C=O) groups is 1. The lowest BCUT2D eigenvalue weighted by atomic mass is 10.1. The van der Waals surface area contributed by atoms with E-state index in [9.17, 15) is 9.59 Å². The number of nitrogens with one attached hydrogen (secondary N) is 1. The molecule has 2 aromatic heterocycles. The maximum absolute atomic E-state index is 12.5. The summed E-state index contributed by atoms with van der Waals surface area (Å²) in [6, 6.07) is 13.8. The molecule has 7 heteroatoms. The third kappa shape index (κ3) is 3.39. The number of hydrogen-bond acceptors (Lipinski definition) is 6. The molecule has 0 aliphatic carbocycles. The van der Waals surface area contributed by atoms with Gasteiger partial charge < -0.3 is 9.15 Å². The Morgan fingerprint density at radius 1 is 1.18 bits per heavy atom. The molecule has 0 radical (unpaired) electrons. The van der Waals surface area contributed by atoms with Crippen molar-refractivity contribution in [3.8, 4) is 17.0 Å². The van der Waals surface area contributed by atoms with Gasteiger partial charge >= 0.3 is 0 Å². The first-order valence-corrected chi connectivity index (χ1v) is 9.38. The highest BCUT2D eigenvalue weighted by atomic mass is 32.1. The van der Waals surface area contributed by atoms with Crippen LogP contribution in [0.5, 0.6) is 5.75 Å². The molecule has 2 heterocycles. The van der Waals surface area contributed by atoms with E-state index in [1.54, 1.807) is 31.4 Å². The van der Waals surface area contributed by atoms with Crippen LogP contribution in [0.15, 0.2) is 63.1 Å². The van der Waals surface area contributed by atoms with E-state index < -0.39 is 5.91 Å². The smallest absolute Gasteiger partial charge is 0.293 e. The van der Waals surface area contributed by atoms with Crippen molar-refractivity contribution >= 4 is 33.3 Å². The van der Waals surface area contributed by atoms with Crippen molar-refractivity contribution in [3.05, 3.63) is 75.5 Å². The van der Waals surface area contributed by atoms with Gasteiger partial charge in [0.15, 0.2) is 16.3 Å². The number of anilines is 1. The van der Waals surface area contributed by atoms with Crippen LogP contribution in [0.2, 0.25) is 0 Å². The number of thiazole rings is 1. The normalized spacial score (nSPS) is 10.8. The molecule has 0 unspecified atom stereocenters. The molecule has 0 atom stereocenters. The SMILES string of the molecule is COc1ccc(-c2csc(NC(=O)c3cc(=O)c4ccccc4o3)n2)cc1C. The highest BCUT2D eigenvalue weighted by molar-refractivity contribution is 7.14. The van der Waals surface area contributed by atoms with Gasteiger partial charge in [-0.1, -0.05) is 12.1 Å². The molecular weight excluding hydrogens is 376 g/mol. The van der Waals surface area contributed by atoms with Crippen molar-refractivity contribution < 1.29 is 13.9 Å².